The molecule has 226 valence electrons. The number of benzene rings is 2. The van der Waals surface area contributed by atoms with Gasteiger partial charge in [0, 0.05) is 11.1 Å². The molecule has 4 rings (SSSR count). The van der Waals surface area contributed by atoms with Crippen molar-refractivity contribution >= 4 is 17.6 Å². The standard InChI is InChI=1S/C26H25F3N4O6.C3H8/c1-37-18-9-7-17(8-10-18)22-32-33-23(38-22)20(34)15-30-24(36)25(13-3-2-4-14-25)31-21(35)16-5-11-19(12-6-16)39-26(27,28)29;1-3-2/h5-12H,2-4,13-15H2,1H3,(H,30,36)(H,31,35);3H2,1-2H3. The summed E-state index contributed by atoms with van der Waals surface area (Å²) < 4.78 is 51.6. The number of aromatic nitrogens is 2. The zero-order valence-electron chi connectivity index (χ0n) is 23.5. The lowest BCUT2D eigenvalue weighted by atomic mass is 9.80. The highest BCUT2D eigenvalue weighted by molar-refractivity contribution is 6.01. The number of carbonyl (C=O) groups is 3. The van der Waals surface area contributed by atoms with Gasteiger partial charge >= 0.3 is 6.36 Å². The van der Waals surface area contributed by atoms with Crippen molar-refractivity contribution in [2.24, 2.45) is 0 Å². The fourth-order valence-corrected chi connectivity index (χ4v) is 4.25. The van der Waals surface area contributed by atoms with Crippen LogP contribution in [-0.4, -0.2) is 53.4 Å². The van der Waals surface area contributed by atoms with Crippen molar-refractivity contribution in [3.8, 4) is 23.0 Å². The van der Waals surface area contributed by atoms with Crippen molar-refractivity contribution in [1.29, 1.82) is 0 Å². The molecule has 3 aromatic rings. The number of methoxy groups -OCH3 is 1. The van der Waals surface area contributed by atoms with Crippen LogP contribution in [0, 0.1) is 0 Å². The molecule has 1 saturated carbocycles. The average Bonchev–Trinajstić information content (AvgIpc) is 3.47. The molecule has 0 aliphatic heterocycles. The van der Waals surface area contributed by atoms with Crippen molar-refractivity contribution < 1.29 is 41.4 Å². The molecular formula is C29H33F3N4O6. The Hall–Kier alpha value is -4.42. The molecule has 0 unspecified atom stereocenters. The van der Waals surface area contributed by atoms with Gasteiger partial charge in [0.2, 0.25) is 17.6 Å². The fraction of sp³-hybridized carbons (Fsp3) is 0.414. The lowest BCUT2D eigenvalue weighted by Gasteiger charge is -2.36. The number of rotatable bonds is 9. The normalized spacial score (nSPS) is 14.1. The van der Waals surface area contributed by atoms with Gasteiger partial charge in [-0.1, -0.05) is 39.5 Å². The first-order chi connectivity index (χ1) is 20.0. The molecule has 0 bridgehead atoms. The lowest BCUT2D eigenvalue weighted by Crippen LogP contribution is -2.60. The van der Waals surface area contributed by atoms with Crippen LogP contribution in [0.4, 0.5) is 13.2 Å². The van der Waals surface area contributed by atoms with E-state index < -0.39 is 41.8 Å². The van der Waals surface area contributed by atoms with E-state index in [0.29, 0.717) is 37.0 Å². The molecule has 1 aliphatic rings. The number of ketones is 1. The molecule has 1 fully saturated rings. The van der Waals surface area contributed by atoms with Crippen LogP contribution < -0.4 is 20.1 Å². The number of amides is 2. The smallest absolute Gasteiger partial charge is 0.497 e. The maximum atomic E-state index is 13.2. The van der Waals surface area contributed by atoms with Crippen LogP contribution in [0.1, 0.15) is 73.4 Å². The molecule has 0 radical (unpaired) electrons. The van der Waals surface area contributed by atoms with Crippen LogP contribution in [-0.2, 0) is 4.79 Å². The van der Waals surface area contributed by atoms with Gasteiger partial charge in [0.05, 0.1) is 13.7 Å². The van der Waals surface area contributed by atoms with Crippen molar-refractivity contribution in [2.75, 3.05) is 13.7 Å². The predicted octanol–water partition coefficient (Wildman–Crippen LogP) is 5.49. The van der Waals surface area contributed by atoms with E-state index in [-0.39, 0.29) is 17.3 Å². The number of alkyl halides is 3. The Bertz CT molecular complexity index is 1330. The third-order valence-corrected chi connectivity index (χ3v) is 6.25. The topological polar surface area (TPSA) is 133 Å². The zero-order valence-corrected chi connectivity index (χ0v) is 23.5. The van der Waals surface area contributed by atoms with E-state index >= 15 is 0 Å². The molecule has 13 heteroatoms. The third kappa shape index (κ3) is 8.79. The summed E-state index contributed by atoms with van der Waals surface area (Å²) in [5.41, 5.74) is -0.664. The van der Waals surface area contributed by atoms with Gasteiger partial charge in [0.1, 0.15) is 17.0 Å². The minimum Gasteiger partial charge on any atom is -0.497 e. The Kier molecular flexibility index (Phi) is 11.1. The molecule has 0 spiro atoms. The van der Waals surface area contributed by atoms with Crippen LogP contribution in [0.3, 0.4) is 0 Å². The van der Waals surface area contributed by atoms with E-state index in [2.05, 4.69) is 39.4 Å². The van der Waals surface area contributed by atoms with Crippen LogP contribution >= 0.6 is 0 Å². The maximum absolute atomic E-state index is 13.2. The number of hydrogen-bond acceptors (Lipinski definition) is 8. The summed E-state index contributed by atoms with van der Waals surface area (Å²) in [6.45, 7) is 3.81. The quantitative estimate of drug-likeness (QED) is 0.313. The molecule has 0 saturated heterocycles. The number of nitrogens with one attached hydrogen (secondary N) is 2. The SMILES string of the molecule is CCC.COc1ccc(-c2nnc(C(=O)CNC(=O)C3(NC(=O)c4ccc(OC(F)(F)F)cc4)CCCCC3)o2)cc1. The first kappa shape index (κ1) is 32.1. The fourth-order valence-electron chi connectivity index (χ4n) is 4.25. The molecule has 0 atom stereocenters. The average molecular weight is 591 g/mol. The zero-order chi connectivity index (χ0) is 30.8. The van der Waals surface area contributed by atoms with E-state index in [1.165, 1.54) is 25.7 Å². The van der Waals surface area contributed by atoms with Crippen molar-refractivity contribution in [3.63, 3.8) is 0 Å². The number of nitrogens with zero attached hydrogens (tertiary/aromatic N) is 2. The highest BCUT2D eigenvalue weighted by atomic mass is 19.4. The minimum atomic E-state index is -4.86. The summed E-state index contributed by atoms with van der Waals surface area (Å²) in [5, 5.41) is 12.9. The number of halogens is 3. The Labute approximate surface area is 241 Å². The lowest BCUT2D eigenvalue weighted by molar-refractivity contribution is -0.274. The summed E-state index contributed by atoms with van der Waals surface area (Å²) in [6, 6.07) is 11.1. The second-order valence-corrected chi connectivity index (χ2v) is 9.62. The van der Waals surface area contributed by atoms with Gasteiger partial charge in [-0.3, -0.25) is 14.4 Å². The van der Waals surface area contributed by atoms with E-state index in [1.54, 1.807) is 24.3 Å². The van der Waals surface area contributed by atoms with Gasteiger partial charge in [-0.05, 0) is 61.4 Å². The minimum absolute atomic E-state index is 0.0512. The molecule has 42 heavy (non-hydrogen) atoms. The summed E-state index contributed by atoms with van der Waals surface area (Å²) in [4.78, 5) is 38.8. The van der Waals surface area contributed by atoms with E-state index in [4.69, 9.17) is 9.15 Å². The largest absolute Gasteiger partial charge is 0.573 e. The summed E-state index contributed by atoms with van der Waals surface area (Å²) in [5.74, 6) is -1.83. The van der Waals surface area contributed by atoms with Gasteiger partial charge in [-0.25, -0.2) is 0 Å². The van der Waals surface area contributed by atoms with E-state index in [0.717, 1.165) is 18.6 Å². The van der Waals surface area contributed by atoms with E-state index in [9.17, 15) is 27.6 Å². The first-order valence-electron chi connectivity index (χ1n) is 13.5. The molecule has 1 aromatic heterocycles. The van der Waals surface area contributed by atoms with Gasteiger partial charge < -0.3 is 24.5 Å². The predicted molar refractivity (Wildman–Crippen MR) is 146 cm³/mol. The summed E-state index contributed by atoms with van der Waals surface area (Å²) >= 11 is 0. The van der Waals surface area contributed by atoms with Crippen LogP contribution in [0.5, 0.6) is 11.5 Å². The van der Waals surface area contributed by atoms with Gasteiger partial charge in [0.15, 0.2) is 0 Å². The summed E-state index contributed by atoms with van der Waals surface area (Å²) in [6.07, 6.45) is -0.760. The van der Waals surface area contributed by atoms with Crippen LogP contribution in [0.2, 0.25) is 0 Å². The van der Waals surface area contributed by atoms with Crippen LogP contribution in [0.15, 0.2) is 52.9 Å². The maximum Gasteiger partial charge on any atom is 0.573 e. The highest BCUT2D eigenvalue weighted by Crippen LogP contribution is 2.30. The Morgan fingerprint density at radius 1 is 0.929 bits per heavy atom. The molecular weight excluding hydrogens is 557 g/mol. The summed E-state index contributed by atoms with van der Waals surface area (Å²) in [7, 11) is 1.53. The molecule has 10 nitrogen and oxygen atoms in total. The number of carbonyl (C=O) groups excluding carboxylic acids is 3. The monoisotopic (exact) mass is 590 g/mol. The number of Topliss-reactive ketones (excluding diaryl/α,β-unsaturated/α-hetero) is 1. The number of ether oxygens (including phenoxy) is 2. The molecule has 2 amide bonds. The van der Waals surface area contributed by atoms with Crippen molar-refractivity contribution in [1.82, 2.24) is 20.8 Å². The Morgan fingerprint density at radius 2 is 1.52 bits per heavy atom. The van der Waals surface area contributed by atoms with Gasteiger partial charge in [0.25, 0.3) is 11.8 Å². The Morgan fingerprint density at radius 3 is 2.10 bits per heavy atom. The number of hydrogen-bond donors (Lipinski definition) is 2. The van der Waals surface area contributed by atoms with Crippen molar-refractivity contribution in [3.05, 3.63) is 60.0 Å². The van der Waals surface area contributed by atoms with Gasteiger partial charge in [-0.2, -0.15) is 0 Å². The van der Waals surface area contributed by atoms with E-state index in [1.807, 2.05) is 0 Å². The second kappa shape index (κ2) is 14.5. The highest BCUT2D eigenvalue weighted by Gasteiger charge is 2.41. The molecule has 1 heterocycles. The molecule has 2 aromatic carbocycles. The Balaban J connectivity index is 0.00000155. The van der Waals surface area contributed by atoms with Crippen molar-refractivity contribution in [2.45, 2.75) is 64.3 Å². The van der Waals surface area contributed by atoms with Gasteiger partial charge in [-0.15, -0.1) is 23.4 Å². The molecule has 2 N–H and O–H groups in total. The second-order valence-electron chi connectivity index (χ2n) is 9.62. The first-order valence-corrected chi connectivity index (χ1v) is 13.5. The third-order valence-electron chi connectivity index (χ3n) is 6.25. The van der Waals surface area contributed by atoms with Crippen LogP contribution in [0.25, 0.3) is 11.5 Å². The molecule has 1 aliphatic carbocycles.